The lowest BCUT2D eigenvalue weighted by Crippen LogP contribution is -2.29. The number of hydrogen-bond acceptors (Lipinski definition) is 5. The zero-order valence-corrected chi connectivity index (χ0v) is 33.8. The van der Waals surface area contributed by atoms with Crippen molar-refractivity contribution in [3.8, 4) is 0 Å². The highest BCUT2D eigenvalue weighted by Gasteiger charge is 2.10. The first kappa shape index (κ1) is 48.3. The molecule has 49 heavy (non-hydrogen) atoms. The van der Waals surface area contributed by atoms with Crippen molar-refractivity contribution in [2.24, 2.45) is 0 Å². The Morgan fingerprint density at radius 1 is 0.469 bits per heavy atom. The van der Waals surface area contributed by atoms with Crippen molar-refractivity contribution in [3.05, 3.63) is 0 Å². The van der Waals surface area contributed by atoms with Crippen molar-refractivity contribution in [3.63, 3.8) is 0 Å². The molecule has 0 aliphatic carbocycles. The van der Waals surface area contributed by atoms with Crippen molar-refractivity contribution in [2.45, 2.75) is 239 Å². The van der Waals surface area contributed by atoms with Crippen LogP contribution in [0.2, 0.25) is 0 Å². The second-order valence-corrected chi connectivity index (χ2v) is 15.2. The summed E-state index contributed by atoms with van der Waals surface area (Å²) in [6.45, 7) is 11.6. The molecule has 0 fully saturated rings. The normalized spacial score (nSPS) is 11.7. The fraction of sp³-hybridized carbons (Fsp3) is 0.977. The Balaban J connectivity index is 3.82. The lowest BCUT2D eigenvalue weighted by molar-refractivity contribution is -0.143. The fourth-order valence-corrected chi connectivity index (χ4v) is 6.94. The van der Waals surface area contributed by atoms with Crippen LogP contribution in [0.15, 0.2) is 0 Å². The third kappa shape index (κ3) is 38.4. The quantitative estimate of drug-likeness (QED) is 0.0509. The molecular formula is C44H89NO4. The van der Waals surface area contributed by atoms with Crippen LogP contribution in [0.5, 0.6) is 0 Å². The smallest absolute Gasteiger partial charge is 0.305 e. The second-order valence-electron chi connectivity index (χ2n) is 15.2. The number of ether oxygens (including phenoxy) is 2. The van der Waals surface area contributed by atoms with E-state index in [1.807, 2.05) is 0 Å². The lowest BCUT2D eigenvalue weighted by atomic mass is 10.0. The van der Waals surface area contributed by atoms with E-state index in [-0.39, 0.29) is 12.6 Å². The molecule has 0 aromatic carbocycles. The topological polar surface area (TPSA) is 59.0 Å². The van der Waals surface area contributed by atoms with Crippen molar-refractivity contribution in [2.75, 3.05) is 39.5 Å². The van der Waals surface area contributed by atoms with E-state index in [0.29, 0.717) is 19.1 Å². The molecule has 1 N–H and O–H groups in total. The number of hydrogen-bond donors (Lipinski definition) is 1. The van der Waals surface area contributed by atoms with Gasteiger partial charge in [0, 0.05) is 19.6 Å². The maximum absolute atomic E-state index is 12.0. The number of esters is 1. The first-order valence-electron chi connectivity index (χ1n) is 22.3. The molecule has 0 aromatic heterocycles. The molecule has 5 heteroatoms. The van der Waals surface area contributed by atoms with Gasteiger partial charge in [0.2, 0.25) is 0 Å². The van der Waals surface area contributed by atoms with E-state index in [0.717, 1.165) is 45.5 Å². The molecule has 0 saturated heterocycles. The molecule has 0 aliphatic heterocycles. The first-order valence-corrected chi connectivity index (χ1v) is 22.3. The molecule has 294 valence electrons. The van der Waals surface area contributed by atoms with Gasteiger partial charge in [0.25, 0.3) is 0 Å². The summed E-state index contributed by atoms with van der Waals surface area (Å²) < 4.78 is 11.9. The highest BCUT2D eigenvalue weighted by atomic mass is 16.5. The minimum Gasteiger partial charge on any atom is -0.466 e. The Kier molecular flexibility index (Phi) is 41.2. The molecule has 0 radical (unpaired) electrons. The van der Waals surface area contributed by atoms with Crippen molar-refractivity contribution >= 4 is 5.97 Å². The standard InChI is InChI=1S/C44H89NO4/c1-4-7-10-13-17-26-33-42-49-44(47)36-29-22-19-24-31-38-45(39-40-46)37-30-23-16-18-25-32-41-48-43(34-27-20-14-11-8-5-2)35-28-21-15-12-9-6-3/h43,46H,4-42H2,1-3H3. The average molecular weight is 696 g/mol. The average Bonchev–Trinajstić information content (AvgIpc) is 3.10. The van der Waals surface area contributed by atoms with Gasteiger partial charge in [-0.1, -0.05) is 181 Å². The third-order valence-corrected chi connectivity index (χ3v) is 10.3. The van der Waals surface area contributed by atoms with Crippen LogP contribution in [-0.4, -0.2) is 61.5 Å². The number of unbranched alkanes of at least 4 members (excludes halogenated alkanes) is 25. The van der Waals surface area contributed by atoms with Crippen LogP contribution in [0.3, 0.4) is 0 Å². The zero-order valence-electron chi connectivity index (χ0n) is 33.8. The van der Waals surface area contributed by atoms with E-state index in [4.69, 9.17) is 9.47 Å². The van der Waals surface area contributed by atoms with Crippen LogP contribution < -0.4 is 0 Å². The molecule has 0 aliphatic rings. The highest BCUT2D eigenvalue weighted by Crippen LogP contribution is 2.18. The largest absolute Gasteiger partial charge is 0.466 e. The van der Waals surface area contributed by atoms with Gasteiger partial charge < -0.3 is 19.5 Å². The summed E-state index contributed by atoms with van der Waals surface area (Å²) in [5.74, 6) is -0.0142. The van der Waals surface area contributed by atoms with E-state index < -0.39 is 0 Å². The number of carbonyl (C=O) groups excluding carboxylic acids is 1. The fourth-order valence-electron chi connectivity index (χ4n) is 6.94. The van der Waals surface area contributed by atoms with Gasteiger partial charge >= 0.3 is 5.97 Å². The summed E-state index contributed by atoms with van der Waals surface area (Å²) in [6.07, 6.45) is 42.1. The van der Waals surface area contributed by atoms with Gasteiger partial charge in [-0.15, -0.1) is 0 Å². The van der Waals surface area contributed by atoms with Crippen LogP contribution >= 0.6 is 0 Å². The summed E-state index contributed by atoms with van der Waals surface area (Å²) in [5, 5.41) is 9.54. The number of rotatable bonds is 42. The predicted octanol–water partition coefficient (Wildman–Crippen LogP) is 13.1. The molecule has 0 unspecified atom stereocenters. The van der Waals surface area contributed by atoms with Gasteiger partial charge in [-0.05, 0) is 58.0 Å². The Morgan fingerprint density at radius 3 is 1.33 bits per heavy atom. The maximum Gasteiger partial charge on any atom is 0.305 e. The Bertz CT molecular complexity index is 614. The number of aliphatic hydroxyl groups excluding tert-OH is 1. The molecule has 0 amide bonds. The molecule has 0 spiro atoms. The summed E-state index contributed by atoms with van der Waals surface area (Å²) in [7, 11) is 0. The van der Waals surface area contributed by atoms with Gasteiger partial charge in [-0.25, -0.2) is 0 Å². The Labute approximate surface area is 307 Å². The number of carbonyl (C=O) groups is 1. The zero-order chi connectivity index (χ0) is 35.7. The number of nitrogens with zero attached hydrogens (tertiary/aromatic N) is 1. The molecule has 5 nitrogen and oxygen atoms in total. The Hall–Kier alpha value is -0.650. The summed E-state index contributed by atoms with van der Waals surface area (Å²) >= 11 is 0. The molecule has 0 rings (SSSR count). The van der Waals surface area contributed by atoms with Gasteiger partial charge in [0.1, 0.15) is 0 Å². The van der Waals surface area contributed by atoms with Crippen LogP contribution in [0, 0.1) is 0 Å². The molecule has 0 bridgehead atoms. The van der Waals surface area contributed by atoms with Crippen LogP contribution in [0.25, 0.3) is 0 Å². The second kappa shape index (κ2) is 41.8. The molecule has 0 atom stereocenters. The van der Waals surface area contributed by atoms with Gasteiger partial charge in [-0.3, -0.25) is 4.79 Å². The number of aliphatic hydroxyl groups is 1. The van der Waals surface area contributed by atoms with Crippen molar-refractivity contribution < 1.29 is 19.4 Å². The van der Waals surface area contributed by atoms with E-state index >= 15 is 0 Å². The third-order valence-electron chi connectivity index (χ3n) is 10.3. The highest BCUT2D eigenvalue weighted by molar-refractivity contribution is 5.69. The maximum atomic E-state index is 12.0. The van der Waals surface area contributed by atoms with Crippen LogP contribution in [0.4, 0.5) is 0 Å². The van der Waals surface area contributed by atoms with E-state index in [1.54, 1.807) is 0 Å². The molecule has 0 saturated carbocycles. The van der Waals surface area contributed by atoms with Crippen LogP contribution in [0.1, 0.15) is 233 Å². The van der Waals surface area contributed by atoms with Gasteiger partial charge in [-0.2, -0.15) is 0 Å². The minimum absolute atomic E-state index is 0.0142. The van der Waals surface area contributed by atoms with E-state index in [1.165, 1.54) is 186 Å². The Morgan fingerprint density at radius 2 is 0.857 bits per heavy atom. The predicted molar refractivity (Wildman–Crippen MR) is 214 cm³/mol. The summed E-state index contributed by atoms with van der Waals surface area (Å²) in [5.41, 5.74) is 0. The minimum atomic E-state index is -0.0142. The van der Waals surface area contributed by atoms with Crippen molar-refractivity contribution in [1.29, 1.82) is 0 Å². The van der Waals surface area contributed by atoms with Crippen LogP contribution in [-0.2, 0) is 14.3 Å². The SMILES string of the molecule is CCCCCCCCCOC(=O)CCCCCCCN(CCO)CCCCCCCCOC(CCCCCCCC)CCCCCCCC. The van der Waals surface area contributed by atoms with E-state index in [2.05, 4.69) is 25.7 Å². The first-order chi connectivity index (χ1) is 24.2. The summed E-state index contributed by atoms with van der Waals surface area (Å²) in [6, 6.07) is 0. The van der Waals surface area contributed by atoms with E-state index in [9.17, 15) is 9.90 Å². The molecule has 0 aromatic rings. The monoisotopic (exact) mass is 696 g/mol. The van der Waals surface area contributed by atoms with Crippen molar-refractivity contribution in [1.82, 2.24) is 4.90 Å². The lowest BCUT2D eigenvalue weighted by Gasteiger charge is -2.21. The summed E-state index contributed by atoms with van der Waals surface area (Å²) in [4.78, 5) is 14.4. The molecule has 0 heterocycles. The molecular weight excluding hydrogens is 606 g/mol. The van der Waals surface area contributed by atoms with Gasteiger partial charge in [0.15, 0.2) is 0 Å². The van der Waals surface area contributed by atoms with Gasteiger partial charge in [0.05, 0.1) is 19.3 Å².